The lowest BCUT2D eigenvalue weighted by Crippen LogP contribution is -2.38. The Hall–Kier alpha value is -1.10. The monoisotopic (exact) mass is 202 g/mol. The molecule has 0 atom stereocenters. The standard InChI is InChI=1S/C9H18N2O3/c1-4-11(5-8(10)12)6-9(13)14-7(2)3/h7H,4-6H2,1-3H3,(H2,10,12). The van der Waals surface area contributed by atoms with E-state index in [0.717, 1.165) is 0 Å². The molecule has 0 aromatic heterocycles. The molecule has 0 unspecified atom stereocenters. The molecular formula is C9H18N2O3. The lowest BCUT2D eigenvalue weighted by atomic mass is 10.4. The predicted molar refractivity (Wildman–Crippen MR) is 52.5 cm³/mol. The first-order chi connectivity index (χ1) is 6.45. The molecule has 0 saturated heterocycles. The van der Waals surface area contributed by atoms with Gasteiger partial charge in [0.05, 0.1) is 19.2 Å². The van der Waals surface area contributed by atoms with E-state index in [1.54, 1.807) is 18.7 Å². The van der Waals surface area contributed by atoms with Gasteiger partial charge in [0.2, 0.25) is 5.91 Å². The Morgan fingerprint density at radius 2 is 1.93 bits per heavy atom. The number of rotatable bonds is 6. The molecule has 0 aromatic rings. The molecule has 0 saturated carbocycles. The summed E-state index contributed by atoms with van der Waals surface area (Å²) in [6.45, 7) is 6.20. The number of nitrogens with two attached hydrogens (primary N) is 1. The molecule has 5 heteroatoms. The van der Waals surface area contributed by atoms with Gasteiger partial charge in [-0.3, -0.25) is 14.5 Å². The molecular weight excluding hydrogens is 184 g/mol. The number of hydrogen-bond acceptors (Lipinski definition) is 4. The highest BCUT2D eigenvalue weighted by atomic mass is 16.5. The Morgan fingerprint density at radius 3 is 2.29 bits per heavy atom. The average Bonchev–Trinajstić information content (AvgIpc) is 2.00. The van der Waals surface area contributed by atoms with Crippen molar-refractivity contribution in [2.75, 3.05) is 19.6 Å². The van der Waals surface area contributed by atoms with Crippen LogP contribution in [0.15, 0.2) is 0 Å². The van der Waals surface area contributed by atoms with Crippen molar-refractivity contribution in [3.8, 4) is 0 Å². The first kappa shape index (κ1) is 12.9. The number of amides is 1. The Balaban J connectivity index is 3.92. The fraction of sp³-hybridized carbons (Fsp3) is 0.778. The van der Waals surface area contributed by atoms with Crippen molar-refractivity contribution in [2.45, 2.75) is 26.9 Å². The van der Waals surface area contributed by atoms with Crippen LogP contribution in [0.25, 0.3) is 0 Å². The summed E-state index contributed by atoms with van der Waals surface area (Å²) < 4.78 is 4.93. The van der Waals surface area contributed by atoms with Crippen LogP contribution < -0.4 is 5.73 Å². The van der Waals surface area contributed by atoms with Crippen molar-refractivity contribution in [3.05, 3.63) is 0 Å². The van der Waals surface area contributed by atoms with Gasteiger partial charge in [0.1, 0.15) is 0 Å². The van der Waals surface area contributed by atoms with E-state index >= 15 is 0 Å². The zero-order chi connectivity index (χ0) is 11.1. The molecule has 0 heterocycles. The van der Waals surface area contributed by atoms with E-state index in [-0.39, 0.29) is 25.2 Å². The normalized spacial score (nSPS) is 10.6. The minimum absolute atomic E-state index is 0.0870. The molecule has 0 aliphatic heterocycles. The van der Waals surface area contributed by atoms with E-state index in [2.05, 4.69) is 0 Å². The smallest absolute Gasteiger partial charge is 0.320 e. The molecule has 0 radical (unpaired) electrons. The van der Waals surface area contributed by atoms with E-state index in [1.165, 1.54) is 0 Å². The van der Waals surface area contributed by atoms with Crippen LogP contribution in [-0.2, 0) is 14.3 Å². The number of carbonyl (C=O) groups is 2. The summed E-state index contributed by atoms with van der Waals surface area (Å²) in [5.74, 6) is -0.771. The van der Waals surface area contributed by atoms with Gasteiger partial charge < -0.3 is 10.5 Å². The molecule has 2 N–H and O–H groups in total. The van der Waals surface area contributed by atoms with Gasteiger partial charge in [0.15, 0.2) is 0 Å². The predicted octanol–water partition coefficient (Wildman–Crippen LogP) is -0.255. The van der Waals surface area contributed by atoms with E-state index in [9.17, 15) is 9.59 Å². The van der Waals surface area contributed by atoms with Crippen LogP contribution in [-0.4, -0.2) is 42.5 Å². The Labute approximate surface area is 84.2 Å². The van der Waals surface area contributed by atoms with Crippen molar-refractivity contribution in [1.82, 2.24) is 4.90 Å². The molecule has 1 amide bonds. The van der Waals surface area contributed by atoms with Crippen molar-refractivity contribution >= 4 is 11.9 Å². The second-order valence-corrected chi connectivity index (χ2v) is 3.31. The maximum absolute atomic E-state index is 11.2. The van der Waals surface area contributed by atoms with Crippen LogP contribution >= 0.6 is 0 Å². The molecule has 0 aromatic carbocycles. The average molecular weight is 202 g/mol. The topological polar surface area (TPSA) is 72.6 Å². The molecule has 82 valence electrons. The lowest BCUT2D eigenvalue weighted by molar-refractivity contribution is -0.148. The maximum Gasteiger partial charge on any atom is 0.320 e. The third-order valence-electron chi connectivity index (χ3n) is 1.55. The first-order valence-electron chi connectivity index (χ1n) is 4.65. The summed E-state index contributed by atoms with van der Waals surface area (Å²) in [7, 11) is 0. The molecule has 0 fully saturated rings. The minimum Gasteiger partial charge on any atom is -0.462 e. The number of esters is 1. The van der Waals surface area contributed by atoms with Gasteiger partial charge in [0.25, 0.3) is 0 Å². The van der Waals surface area contributed by atoms with Crippen LogP contribution in [0, 0.1) is 0 Å². The lowest BCUT2D eigenvalue weighted by Gasteiger charge is -2.18. The molecule has 14 heavy (non-hydrogen) atoms. The summed E-state index contributed by atoms with van der Waals surface area (Å²) in [4.78, 5) is 23.4. The van der Waals surface area contributed by atoms with E-state index in [4.69, 9.17) is 10.5 Å². The summed E-state index contributed by atoms with van der Waals surface area (Å²) >= 11 is 0. The highest BCUT2D eigenvalue weighted by Gasteiger charge is 2.12. The van der Waals surface area contributed by atoms with Crippen LogP contribution in [0.2, 0.25) is 0 Å². The van der Waals surface area contributed by atoms with E-state index in [1.807, 2.05) is 6.92 Å². The van der Waals surface area contributed by atoms with Gasteiger partial charge in [0, 0.05) is 0 Å². The molecule has 0 spiro atoms. The summed E-state index contributed by atoms with van der Waals surface area (Å²) in [6, 6.07) is 0. The number of carbonyl (C=O) groups excluding carboxylic acids is 2. The number of hydrogen-bond donors (Lipinski definition) is 1. The third kappa shape index (κ3) is 6.42. The largest absolute Gasteiger partial charge is 0.462 e. The van der Waals surface area contributed by atoms with Crippen LogP contribution in [0.3, 0.4) is 0 Å². The fourth-order valence-corrected chi connectivity index (χ4v) is 0.983. The van der Waals surface area contributed by atoms with Gasteiger partial charge in [-0.05, 0) is 20.4 Å². The molecule has 0 aliphatic carbocycles. The van der Waals surface area contributed by atoms with E-state index < -0.39 is 5.91 Å². The van der Waals surface area contributed by atoms with Crippen LogP contribution in [0.1, 0.15) is 20.8 Å². The Kier molecular flexibility index (Phi) is 5.87. The molecule has 0 rings (SSSR count). The highest BCUT2D eigenvalue weighted by molar-refractivity contribution is 5.77. The van der Waals surface area contributed by atoms with Crippen LogP contribution in [0.5, 0.6) is 0 Å². The summed E-state index contributed by atoms with van der Waals surface area (Å²) in [5, 5.41) is 0. The van der Waals surface area contributed by atoms with Crippen molar-refractivity contribution in [3.63, 3.8) is 0 Å². The van der Waals surface area contributed by atoms with E-state index in [0.29, 0.717) is 6.54 Å². The first-order valence-corrected chi connectivity index (χ1v) is 4.65. The Bertz CT molecular complexity index is 204. The van der Waals surface area contributed by atoms with Crippen LogP contribution in [0.4, 0.5) is 0 Å². The third-order valence-corrected chi connectivity index (χ3v) is 1.55. The zero-order valence-corrected chi connectivity index (χ0v) is 8.95. The van der Waals surface area contributed by atoms with Crippen molar-refractivity contribution in [2.24, 2.45) is 5.73 Å². The second kappa shape index (κ2) is 6.37. The molecule has 0 aliphatic rings. The maximum atomic E-state index is 11.2. The molecule has 5 nitrogen and oxygen atoms in total. The van der Waals surface area contributed by atoms with Gasteiger partial charge >= 0.3 is 5.97 Å². The highest BCUT2D eigenvalue weighted by Crippen LogP contribution is 1.93. The number of nitrogens with zero attached hydrogens (tertiary/aromatic N) is 1. The fourth-order valence-electron chi connectivity index (χ4n) is 0.983. The number of primary amides is 1. The van der Waals surface area contributed by atoms with Crippen molar-refractivity contribution < 1.29 is 14.3 Å². The van der Waals surface area contributed by atoms with Gasteiger partial charge in [-0.25, -0.2) is 0 Å². The summed E-state index contributed by atoms with van der Waals surface area (Å²) in [6.07, 6.45) is -0.130. The second-order valence-electron chi connectivity index (χ2n) is 3.31. The summed E-state index contributed by atoms with van der Waals surface area (Å²) in [5.41, 5.74) is 5.01. The zero-order valence-electron chi connectivity index (χ0n) is 8.95. The number of ether oxygens (including phenoxy) is 1. The number of likely N-dealkylation sites (N-methyl/N-ethyl adjacent to an activating group) is 1. The van der Waals surface area contributed by atoms with Gasteiger partial charge in [-0.2, -0.15) is 0 Å². The van der Waals surface area contributed by atoms with Gasteiger partial charge in [-0.15, -0.1) is 0 Å². The Morgan fingerprint density at radius 1 is 1.36 bits per heavy atom. The SMILES string of the molecule is CCN(CC(N)=O)CC(=O)OC(C)C. The molecule has 0 bridgehead atoms. The van der Waals surface area contributed by atoms with Gasteiger partial charge in [-0.1, -0.05) is 6.92 Å². The van der Waals surface area contributed by atoms with Crippen molar-refractivity contribution in [1.29, 1.82) is 0 Å². The minimum atomic E-state index is -0.441. The quantitative estimate of drug-likeness (QED) is 0.602.